The predicted octanol–water partition coefficient (Wildman–Crippen LogP) is 2.58. The molecule has 0 saturated carbocycles. The largest absolute Gasteiger partial charge is 0.496 e. The van der Waals surface area contributed by atoms with Crippen LogP contribution in [0.5, 0.6) is 5.75 Å². The molecule has 1 aromatic carbocycles. The topological polar surface area (TPSA) is 81.4 Å². The predicted molar refractivity (Wildman–Crippen MR) is 88.9 cm³/mol. The summed E-state index contributed by atoms with van der Waals surface area (Å²) in [5, 5.41) is 5.58. The third kappa shape index (κ3) is 4.41. The van der Waals surface area contributed by atoms with Gasteiger partial charge < -0.3 is 9.26 Å². The number of anilines is 1. The van der Waals surface area contributed by atoms with Crippen LogP contribution in [0.15, 0.2) is 28.8 Å². The number of carbonyl (C=O) groups excluding carboxylic acids is 1. The number of benzene rings is 1. The molecule has 6 nitrogen and oxygen atoms in total. The van der Waals surface area contributed by atoms with Gasteiger partial charge in [-0.25, -0.2) is 0 Å². The minimum atomic E-state index is -1.39. The smallest absolute Gasteiger partial charge is 0.242 e. The number of aromatic nitrogens is 1. The first-order valence-corrected chi connectivity index (χ1v) is 8.53. The number of amides is 1. The molecular formula is C16H20N2O4S. The summed E-state index contributed by atoms with van der Waals surface area (Å²) in [5.41, 5.74) is 2.53. The van der Waals surface area contributed by atoms with Crippen molar-refractivity contribution in [2.75, 3.05) is 12.4 Å². The number of nitrogens with zero attached hydrogens (tertiary/aromatic N) is 1. The Bertz CT molecular complexity index is 727. The minimum Gasteiger partial charge on any atom is -0.496 e. The van der Waals surface area contributed by atoms with Crippen molar-refractivity contribution in [2.45, 2.75) is 31.8 Å². The van der Waals surface area contributed by atoms with Crippen LogP contribution in [0.25, 0.3) is 0 Å². The van der Waals surface area contributed by atoms with Crippen molar-refractivity contribution < 1.29 is 18.3 Å². The molecule has 0 aliphatic carbocycles. The van der Waals surface area contributed by atoms with Crippen LogP contribution in [0.3, 0.4) is 0 Å². The van der Waals surface area contributed by atoms with Gasteiger partial charge in [0.15, 0.2) is 0 Å². The molecule has 124 valence electrons. The normalized spacial score (nSPS) is 13.4. The maximum absolute atomic E-state index is 12.5. The van der Waals surface area contributed by atoms with E-state index >= 15 is 0 Å². The number of hydrogen-bond donors (Lipinski definition) is 1. The third-order valence-corrected chi connectivity index (χ3v) is 4.97. The van der Waals surface area contributed by atoms with Crippen LogP contribution in [-0.4, -0.2) is 27.6 Å². The van der Waals surface area contributed by atoms with E-state index in [0.29, 0.717) is 11.4 Å². The zero-order valence-corrected chi connectivity index (χ0v) is 14.4. The van der Waals surface area contributed by atoms with Gasteiger partial charge in [0, 0.05) is 22.4 Å². The van der Waals surface area contributed by atoms with Crippen molar-refractivity contribution in [2.24, 2.45) is 0 Å². The highest BCUT2D eigenvalue weighted by Crippen LogP contribution is 2.22. The summed E-state index contributed by atoms with van der Waals surface area (Å²) in [6.45, 7) is 5.33. The molecule has 0 spiro atoms. The number of ether oxygens (including phenoxy) is 1. The molecular weight excluding hydrogens is 316 g/mol. The lowest BCUT2D eigenvalue weighted by atomic mass is 10.1. The second-order valence-electron chi connectivity index (χ2n) is 5.30. The van der Waals surface area contributed by atoms with Gasteiger partial charge in [-0.1, -0.05) is 22.9 Å². The summed E-state index contributed by atoms with van der Waals surface area (Å²) in [4.78, 5) is 12.2. The second kappa shape index (κ2) is 7.41. The molecule has 0 saturated heterocycles. The highest BCUT2D eigenvalue weighted by Gasteiger charge is 2.22. The number of carbonyl (C=O) groups is 1. The van der Waals surface area contributed by atoms with E-state index < -0.39 is 16.0 Å². The van der Waals surface area contributed by atoms with Gasteiger partial charge in [0.1, 0.15) is 11.0 Å². The van der Waals surface area contributed by atoms with Gasteiger partial charge in [-0.3, -0.25) is 14.3 Å². The van der Waals surface area contributed by atoms with E-state index in [-0.39, 0.29) is 17.5 Å². The van der Waals surface area contributed by atoms with Crippen LogP contribution in [0.1, 0.15) is 23.7 Å². The Hall–Kier alpha value is -2.15. The Balaban J connectivity index is 2.05. The molecule has 2 aromatic rings. The van der Waals surface area contributed by atoms with Gasteiger partial charge in [-0.05, 0) is 26.8 Å². The van der Waals surface area contributed by atoms with Crippen molar-refractivity contribution in [3.63, 3.8) is 0 Å². The van der Waals surface area contributed by atoms with Crippen molar-refractivity contribution in [3.8, 4) is 5.75 Å². The van der Waals surface area contributed by atoms with E-state index in [9.17, 15) is 9.00 Å². The van der Waals surface area contributed by atoms with Crippen LogP contribution in [0.2, 0.25) is 0 Å². The SMILES string of the molecule is COc1ccc(C)cc1C[S@@](=O)[C@@H](C)C(=O)Nc1cc(C)no1. The fourth-order valence-electron chi connectivity index (χ4n) is 2.06. The van der Waals surface area contributed by atoms with Crippen LogP contribution in [0.4, 0.5) is 5.88 Å². The first-order valence-electron chi connectivity index (χ1n) is 7.15. The first-order chi connectivity index (χ1) is 10.9. The Labute approximate surface area is 137 Å². The van der Waals surface area contributed by atoms with Crippen molar-refractivity contribution in [1.29, 1.82) is 0 Å². The standard InChI is InChI=1S/C16H20N2O4S/c1-10-5-6-14(21-4)13(7-10)9-23(20)12(3)16(19)17-15-8-11(2)18-22-15/h5-8,12H,9H2,1-4H3,(H,17,19)/t12-,23+/m0/s1. The lowest BCUT2D eigenvalue weighted by Crippen LogP contribution is -2.29. The molecule has 7 heteroatoms. The summed E-state index contributed by atoms with van der Waals surface area (Å²) < 4.78 is 22.7. The molecule has 0 unspecified atom stereocenters. The fourth-order valence-corrected chi connectivity index (χ4v) is 3.14. The van der Waals surface area contributed by atoms with E-state index in [1.165, 1.54) is 0 Å². The first kappa shape index (κ1) is 17.2. The average molecular weight is 336 g/mol. The van der Waals surface area contributed by atoms with E-state index in [1.54, 1.807) is 27.0 Å². The van der Waals surface area contributed by atoms with E-state index in [2.05, 4.69) is 10.5 Å². The molecule has 1 aromatic heterocycles. The Morgan fingerprint density at radius 3 is 2.74 bits per heavy atom. The molecule has 1 heterocycles. The summed E-state index contributed by atoms with van der Waals surface area (Å²) in [6, 6.07) is 7.29. The molecule has 2 atom stereocenters. The molecule has 2 rings (SSSR count). The molecule has 0 radical (unpaired) electrons. The summed E-state index contributed by atoms with van der Waals surface area (Å²) in [6.07, 6.45) is 0. The summed E-state index contributed by atoms with van der Waals surface area (Å²) in [5.74, 6) is 0.799. The van der Waals surface area contributed by atoms with E-state index in [0.717, 1.165) is 11.1 Å². The van der Waals surface area contributed by atoms with E-state index in [4.69, 9.17) is 9.26 Å². The van der Waals surface area contributed by atoms with Crippen molar-refractivity contribution in [1.82, 2.24) is 5.16 Å². The summed E-state index contributed by atoms with van der Waals surface area (Å²) in [7, 11) is 0.182. The molecule has 0 fully saturated rings. The van der Waals surface area contributed by atoms with Crippen molar-refractivity contribution in [3.05, 3.63) is 41.1 Å². The van der Waals surface area contributed by atoms with Crippen LogP contribution in [-0.2, 0) is 21.3 Å². The molecule has 23 heavy (non-hydrogen) atoms. The number of hydrogen-bond acceptors (Lipinski definition) is 5. The highest BCUT2D eigenvalue weighted by molar-refractivity contribution is 7.85. The van der Waals surface area contributed by atoms with Gasteiger partial charge >= 0.3 is 0 Å². The quantitative estimate of drug-likeness (QED) is 0.877. The molecule has 0 aliphatic rings. The number of rotatable bonds is 6. The number of aryl methyl sites for hydroxylation is 2. The van der Waals surface area contributed by atoms with Crippen molar-refractivity contribution >= 4 is 22.6 Å². The number of nitrogens with one attached hydrogen (secondary N) is 1. The average Bonchev–Trinajstić information content (AvgIpc) is 2.91. The van der Waals surface area contributed by atoms with Crippen LogP contribution >= 0.6 is 0 Å². The van der Waals surface area contributed by atoms with Crippen LogP contribution in [0, 0.1) is 13.8 Å². The second-order valence-corrected chi connectivity index (χ2v) is 7.06. The van der Waals surface area contributed by atoms with E-state index in [1.807, 2.05) is 25.1 Å². The van der Waals surface area contributed by atoms with Gasteiger partial charge in [0.05, 0.1) is 18.6 Å². The monoisotopic (exact) mass is 336 g/mol. The molecule has 1 amide bonds. The van der Waals surface area contributed by atoms with Gasteiger partial charge in [0.2, 0.25) is 11.8 Å². The lowest BCUT2D eigenvalue weighted by molar-refractivity contribution is -0.115. The number of methoxy groups -OCH3 is 1. The minimum absolute atomic E-state index is 0.245. The van der Waals surface area contributed by atoms with Gasteiger partial charge in [-0.2, -0.15) is 0 Å². The fraction of sp³-hybridized carbons (Fsp3) is 0.375. The maximum atomic E-state index is 12.5. The zero-order valence-electron chi connectivity index (χ0n) is 13.6. The Morgan fingerprint density at radius 1 is 1.39 bits per heavy atom. The Kier molecular flexibility index (Phi) is 5.54. The van der Waals surface area contributed by atoms with Crippen LogP contribution < -0.4 is 10.1 Å². The third-order valence-electron chi connectivity index (χ3n) is 3.37. The van der Waals surface area contributed by atoms with Gasteiger partial charge in [0.25, 0.3) is 0 Å². The lowest BCUT2D eigenvalue weighted by Gasteiger charge is -2.13. The highest BCUT2D eigenvalue weighted by atomic mass is 32.2. The molecule has 0 aliphatic heterocycles. The zero-order chi connectivity index (χ0) is 17.0. The Morgan fingerprint density at radius 2 is 2.13 bits per heavy atom. The maximum Gasteiger partial charge on any atom is 0.242 e. The molecule has 1 N–H and O–H groups in total. The van der Waals surface area contributed by atoms with Gasteiger partial charge in [-0.15, -0.1) is 0 Å². The molecule has 0 bridgehead atoms. The summed E-state index contributed by atoms with van der Waals surface area (Å²) >= 11 is 0.